The molecule has 0 radical (unpaired) electrons. The molecule has 0 saturated carbocycles. The summed E-state index contributed by atoms with van der Waals surface area (Å²) in [6, 6.07) is 14.9. The smallest absolute Gasteiger partial charge is 0.242 e. The number of aryl methyl sites for hydroxylation is 1. The molecule has 0 bridgehead atoms. The van der Waals surface area contributed by atoms with Crippen LogP contribution in [-0.2, 0) is 16.1 Å². The van der Waals surface area contributed by atoms with Crippen LogP contribution in [0.25, 0.3) is 0 Å². The van der Waals surface area contributed by atoms with E-state index in [1.165, 1.54) is 11.8 Å². The van der Waals surface area contributed by atoms with E-state index in [9.17, 15) is 9.59 Å². The van der Waals surface area contributed by atoms with E-state index >= 15 is 0 Å². The van der Waals surface area contributed by atoms with E-state index in [1.54, 1.807) is 4.90 Å². The minimum Gasteiger partial charge on any atom is -0.354 e. The molecule has 2 aromatic carbocycles. The Morgan fingerprint density at radius 1 is 1.10 bits per heavy atom. The third kappa shape index (κ3) is 7.37. The zero-order chi connectivity index (χ0) is 22.1. The molecule has 0 aliphatic rings. The summed E-state index contributed by atoms with van der Waals surface area (Å²) >= 11 is 7.40. The van der Waals surface area contributed by atoms with E-state index in [1.807, 2.05) is 62.4 Å². The van der Waals surface area contributed by atoms with E-state index in [-0.39, 0.29) is 17.6 Å². The summed E-state index contributed by atoms with van der Waals surface area (Å²) in [5.41, 5.74) is 2.16. The molecular weight excluding hydrogens is 416 g/mol. The average molecular weight is 447 g/mol. The topological polar surface area (TPSA) is 49.4 Å². The predicted molar refractivity (Wildman–Crippen MR) is 126 cm³/mol. The maximum absolute atomic E-state index is 13.2. The Kier molecular flexibility index (Phi) is 9.73. The third-order valence-corrected chi connectivity index (χ3v) is 6.10. The number of hydrogen-bond donors (Lipinski definition) is 1. The maximum Gasteiger partial charge on any atom is 0.242 e. The van der Waals surface area contributed by atoms with Gasteiger partial charge in [-0.3, -0.25) is 9.59 Å². The van der Waals surface area contributed by atoms with Crippen molar-refractivity contribution in [3.8, 4) is 0 Å². The van der Waals surface area contributed by atoms with Gasteiger partial charge in [-0.1, -0.05) is 56.6 Å². The molecule has 2 rings (SSSR count). The van der Waals surface area contributed by atoms with E-state index in [4.69, 9.17) is 11.6 Å². The maximum atomic E-state index is 13.2. The molecule has 0 aromatic heterocycles. The highest BCUT2D eigenvalue weighted by molar-refractivity contribution is 8.00. The average Bonchev–Trinajstić information content (AvgIpc) is 2.72. The molecule has 0 heterocycles. The normalized spacial score (nSPS) is 11.9. The van der Waals surface area contributed by atoms with Crippen LogP contribution in [0.15, 0.2) is 53.4 Å². The molecule has 0 aliphatic heterocycles. The van der Waals surface area contributed by atoms with E-state index < -0.39 is 6.04 Å². The van der Waals surface area contributed by atoms with Gasteiger partial charge in [0, 0.05) is 23.0 Å². The Morgan fingerprint density at radius 3 is 2.37 bits per heavy atom. The molecule has 30 heavy (non-hydrogen) atoms. The molecule has 0 unspecified atom stereocenters. The Balaban J connectivity index is 2.19. The summed E-state index contributed by atoms with van der Waals surface area (Å²) in [5, 5.41) is 3.66. The lowest BCUT2D eigenvalue weighted by Gasteiger charge is -2.31. The number of carbonyl (C=O) groups is 2. The van der Waals surface area contributed by atoms with Crippen LogP contribution in [-0.4, -0.2) is 35.1 Å². The van der Waals surface area contributed by atoms with E-state index in [0.29, 0.717) is 30.5 Å². The monoisotopic (exact) mass is 446 g/mol. The van der Waals surface area contributed by atoms with Crippen LogP contribution >= 0.6 is 23.4 Å². The van der Waals surface area contributed by atoms with Crippen LogP contribution in [0.1, 0.15) is 38.3 Å². The van der Waals surface area contributed by atoms with Crippen molar-refractivity contribution in [1.82, 2.24) is 10.2 Å². The van der Waals surface area contributed by atoms with Crippen molar-refractivity contribution in [2.45, 2.75) is 51.6 Å². The van der Waals surface area contributed by atoms with Gasteiger partial charge in [-0.15, -0.1) is 11.8 Å². The number of carbonyl (C=O) groups excluding carboxylic acids is 2. The third-order valence-electron chi connectivity index (χ3n) is 4.85. The number of nitrogens with zero attached hydrogens (tertiary/aromatic N) is 1. The lowest BCUT2D eigenvalue weighted by atomic mass is 10.1. The molecule has 2 amide bonds. The molecule has 6 heteroatoms. The standard InChI is InChI=1S/C24H31ClN2O2S/c1-5-22(24(29)26-14-17(2)3)27(15-19-9-7-6-8-18(19)4)23(28)16-30-21-12-10-20(25)11-13-21/h6-13,17,22H,5,14-16H2,1-4H3,(H,26,29)/t22-/m1/s1. The number of halogens is 1. The molecule has 0 fully saturated rings. The van der Waals surface area contributed by atoms with Crippen molar-refractivity contribution in [3.63, 3.8) is 0 Å². The molecule has 4 nitrogen and oxygen atoms in total. The van der Waals surface area contributed by atoms with Crippen molar-refractivity contribution in [1.29, 1.82) is 0 Å². The Hall–Kier alpha value is -1.98. The second-order valence-corrected chi connectivity index (χ2v) is 9.24. The summed E-state index contributed by atoms with van der Waals surface area (Å²) < 4.78 is 0. The molecule has 2 aromatic rings. The van der Waals surface area contributed by atoms with Gasteiger partial charge in [-0.25, -0.2) is 0 Å². The summed E-state index contributed by atoms with van der Waals surface area (Å²) in [5.74, 6) is 0.475. The highest BCUT2D eigenvalue weighted by Gasteiger charge is 2.28. The minimum absolute atomic E-state index is 0.0512. The van der Waals surface area contributed by atoms with E-state index in [2.05, 4.69) is 19.2 Å². The van der Waals surface area contributed by atoms with Gasteiger partial charge in [0.1, 0.15) is 6.04 Å². The second-order valence-electron chi connectivity index (χ2n) is 7.75. The van der Waals surface area contributed by atoms with Crippen molar-refractivity contribution < 1.29 is 9.59 Å². The fourth-order valence-electron chi connectivity index (χ4n) is 3.07. The van der Waals surface area contributed by atoms with Crippen LogP contribution in [0.3, 0.4) is 0 Å². The lowest BCUT2D eigenvalue weighted by Crippen LogP contribution is -2.50. The first kappa shape index (κ1) is 24.3. The number of rotatable bonds is 10. The largest absolute Gasteiger partial charge is 0.354 e. The van der Waals surface area contributed by atoms with Crippen LogP contribution in [0, 0.1) is 12.8 Å². The van der Waals surface area contributed by atoms with E-state index in [0.717, 1.165) is 16.0 Å². The first-order chi connectivity index (χ1) is 14.3. The molecule has 162 valence electrons. The van der Waals surface area contributed by atoms with Gasteiger partial charge in [-0.05, 0) is 54.7 Å². The van der Waals surface area contributed by atoms with Gasteiger partial charge in [0.05, 0.1) is 5.75 Å². The summed E-state index contributed by atoms with van der Waals surface area (Å²) in [7, 11) is 0. The number of benzene rings is 2. The second kappa shape index (κ2) is 12.0. The summed E-state index contributed by atoms with van der Waals surface area (Å²) in [6.07, 6.45) is 0.563. The number of hydrogen-bond acceptors (Lipinski definition) is 3. The number of nitrogens with one attached hydrogen (secondary N) is 1. The predicted octanol–water partition coefficient (Wildman–Crippen LogP) is 5.32. The summed E-state index contributed by atoms with van der Waals surface area (Å²) in [4.78, 5) is 28.8. The van der Waals surface area contributed by atoms with Crippen LogP contribution in [0.4, 0.5) is 0 Å². The molecule has 0 spiro atoms. The van der Waals surface area contributed by atoms with Gasteiger partial charge in [0.25, 0.3) is 0 Å². The minimum atomic E-state index is -0.498. The van der Waals surface area contributed by atoms with Gasteiger partial charge in [0.2, 0.25) is 11.8 Å². The van der Waals surface area contributed by atoms with Crippen LogP contribution in [0.5, 0.6) is 0 Å². The van der Waals surface area contributed by atoms with Crippen molar-refractivity contribution in [3.05, 3.63) is 64.7 Å². The SMILES string of the molecule is CC[C@H](C(=O)NCC(C)C)N(Cc1ccccc1C)C(=O)CSc1ccc(Cl)cc1. The van der Waals surface area contributed by atoms with Crippen molar-refractivity contribution in [2.24, 2.45) is 5.92 Å². The number of thioether (sulfide) groups is 1. The zero-order valence-electron chi connectivity index (χ0n) is 18.2. The highest BCUT2D eigenvalue weighted by Crippen LogP contribution is 2.23. The Bertz CT molecular complexity index is 839. The fraction of sp³-hybridized carbons (Fsp3) is 0.417. The molecule has 0 saturated heterocycles. The van der Waals surface area contributed by atoms with Crippen LogP contribution in [0.2, 0.25) is 5.02 Å². The van der Waals surface area contributed by atoms with Gasteiger partial charge >= 0.3 is 0 Å². The number of amides is 2. The lowest BCUT2D eigenvalue weighted by molar-refractivity contribution is -0.139. The van der Waals surface area contributed by atoms with Crippen molar-refractivity contribution >= 4 is 35.2 Å². The first-order valence-corrected chi connectivity index (χ1v) is 11.7. The van der Waals surface area contributed by atoms with Gasteiger partial charge < -0.3 is 10.2 Å². The zero-order valence-corrected chi connectivity index (χ0v) is 19.7. The summed E-state index contributed by atoms with van der Waals surface area (Å²) in [6.45, 7) is 9.10. The molecule has 1 atom stereocenters. The highest BCUT2D eigenvalue weighted by atomic mass is 35.5. The Morgan fingerprint density at radius 2 is 1.77 bits per heavy atom. The fourth-order valence-corrected chi connectivity index (χ4v) is 3.98. The van der Waals surface area contributed by atoms with Crippen LogP contribution < -0.4 is 5.32 Å². The quantitative estimate of drug-likeness (QED) is 0.502. The molecule has 0 aliphatic carbocycles. The van der Waals surface area contributed by atoms with Crippen molar-refractivity contribution in [2.75, 3.05) is 12.3 Å². The molecular formula is C24H31ClN2O2S. The molecule has 1 N–H and O–H groups in total. The van der Waals surface area contributed by atoms with Gasteiger partial charge in [0.15, 0.2) is 0 Å². The first-order valence-electron chi connectivity index (χ1n) is 10.3. The Labute approximate surface area is 189 Å². The van der Waals surface area contributed by atoms with Gasteiger partial charge in [-0.2, -0.15) is 0 Å².